The number of rotatable bonds is 3. The first-order valence-electron chi connectivity index (χ1n) is 6.92. The number of nitrogens with two attached hydrogens (primary N) is 1. The molecule has 0 bridgehead atoms. The van der Waals surface area contributed by atoms with E-state index in [1.165, 1.54) is 0 Å². The van der Waals surface area contributed by atoms with E-state index in [0.29, 0.717) is 17.9 Å². The molecule has 5 heteroatoms. The summed E-state index contributed by atoms with van der Waals surface area (Å²) in [6.07, 6.45) is 3.04. The molecule has 1 aliphatic rings. The van der Waals surface area contributed by atoms with Crippen molar-refractivity contribution in [1.82, 2.24) is 0 Å². The molecule has 2 atom stereocenters. The van der Waals surface area contributed by atoms with Crippen LogP contribution in [0.15, 0.2) is 12.1 Å². The van der Waals surface area contributed by atoms with Gasteiger partial charge in [0.1, 0.15) is 11.6 Å². The van der Waals surface area contributed by atoms with E-state index in [4.69, 9.17) is 5.73 Å². The first-order valence-corrected chi connectivity index (χ1v) is 6.92. The molecule has 1 aromatic rings. The summed E-state index contributed by atoms with van der Waals surface area (Å²) in [6.45, 7) is 4.33. The third-order valence-electron chi connectivity index (χ3n) is 3.86. The molecule has 110 valence electrons. The molecule has 0 radical (unpaired) electrons. The number of carbonyl (C=O) groups is 1. The lowest BCUT2D eigenvalue weighted by Crippen LogP contribution is -2.30. The molecule has 1 aromatic carbocycles. The SMILES string of the molecule is CC1CC(C)CC(Nc2cc(C(N)=O)c(F)cc2F)C1. The molecule has 2 unspecified atom stereocenters. The molecule has 1 saturated carbocycles. The maximum Gasteiger partial charge on any atom is 0.251 e. The van der Waals surface area contributed by atoms with Gasteiger partial charge in [0, 0.05) is 12.1 Å². The van der Waals surface area contributed by atoms with Crippen molar-refractivity contribution in [3.05, 3.63) is 29.3 Å². The van der Waals surface area contributed by atoms with Crippen molar-refractivity contribution < 1.29 is 13.6 Å². The standard InChI is InChI=1S/C15H20F2N2O/c1-8-3-9(2)5-10(4-8)19-14-6-11(15(18)20)12(16)7-13(14)17/h6-10,19H,3-5H2,1-2H3,(H2,18,20). The zero-order valence-electron chi connectivity index (χ0n) is 11.7. The third kappa shape index (κ3) is 3.26. The summed E-state index contributed by atoms with van der Waals surface area (Å²) in [5.41, 5.74) is 4.94. The molecule has 1 fully saturated rings. The van der Waals surface area contributed by atoms with Gasteiger partial charge in [0.15, 0.2) is 0 Å². The minimum absolute atomic E-state index is 0.134. The summed E-state index contributed by atoms with van der Waals surface area (Å²) in [7, 11) is 0. The van der Waals surface area contributed by atoms with Crippen LogP contribution in [0.25, 0.3) is 0 Å². The van der Waals surface area contributed by atoms with Gasteiger partial charge >= 0.3 is 0 Å². The highest BCUT2D eigenvalue weighted by molar-refractivity contribution is 5.94. The van der Waals surface area contributed by atoms with Crippen LogP contribution >= 0.6 is 0 Å². The van der Waals surface area contributed by atoms with E-state index in [1.807, 2.05) is 0 Å². The van der Waals surface area contributed by atoms with Crippen LogP contribution < -0.4 is 11.1 Å². The number of hydrogen-bond donors (Lipinski definition) is 2. The Labute approximate surface area is 117 Å². The normalized spacial score (nSPS) is 26.3. The highest BCUT2D eigenvalue weighted by atomic mass is 19.1. The molecule has 1 amide bonds. The number of carbonyl (C=O) groups excluding carboxylic acids is 1. The summed E-state index contributed by atoms with van der Waals surface area (Å²) in [5, 5.41) is 3.08. The summed E-state index contributed by atoms with van der Waals surface area (Å²) >= 11 is 0. The molecule has 0 aliphatic heterocycles. The number of benzene rings is 1. The van der Waals surface area contributed by atoms with E-state index in [2.05, 4.69) is 19.2 Å². The van der Waals surface area contributed by atoms with E-state index < -0.39 is 17.5 Å². The van der Waals surface area contributed by atoms with Crippen molar-refractivity contribution >= 4 is 11.6 Å². The fourth-order valence-corrected chi connectivity index (χ4v) is 3.13. The fraction of sp³-hybridized carbons (Fsp3) is 0.533. The van der Waals surface area contributed by atoms with Crippen LogP contribution in [-0.4, -0.2) is 11.9 Å². The summed E-state index contributed by atoms with van der Waals surface area (Å²) in [6, 6.07) is 2.00. The number of nitrogens with one attached hydrogen (secondary N) is 1. The Kier molecular flexibility index (Phi) is 4.26. The largest absolute Gasteiger partial charge is 0.380 e. The quantitative estimate of drug-likeness (QED) is 0.893. The second kappa shape index (κ2) is 5.77. The van der Waals surface area contributed by atoms with Crippen LogP contribution in [0.1, 0.15) is 43.5 Å². The Morgan fingerprint density at radius 1 is 1.15 bits per heavy atom. The summed E-state index contributed by atoms with van der Waals surface area (Å²) in [4.78, 5) is 11.1. The predicted molar refractivity (Wildman–Crippen MR) is 74.5 cm³/mol. The molecule has 3 nitrogen and oxygen atoms in total. The molecule has 0 heterocycles. The molecule has 3 N–H and O–H groups in total. The van der Waals surface area contributed by atoms with Crippen LogP contribution in [0, 0.1) is 23.5 Å². The van der Waals surface area contributed by atoms with Gasteiger partial charge in [0.25, 0.3) is 5.91 Å². The highest BCUT2D eigenvalue weighted by Gasteiger charge is 2.25. The van der Waals surface area contributed by atoms with Gasteiger partial charge in [0.05, 0.1) is 11.3 Å². The summed E-state index contributed by atoms with van der Waals surface area (Å²) < 4.78 is 27.2. The maximum absolute atomic E-state index is 13.8. The Bertz CT molecular complexity index is 509. The molecule has 1 aliphatic carbocycles. The van der Waals surface area contributed by atoms with Crippen molar-refractivity contribution in [3.63, 3.8) is 0 Å². The number of halogens is 2. The number of primary amides is 1. The van der Waals surface area contributed by atoms with Gasteiger partial charge in [-0.05, 0) is 37.2 Å². The smallest absolute Gasteiger partial charge is 0.251 e. The lowest BCUT2D eigenvalue weighted by molar-refractivity contribution is 0.0996. The van der Waals surface area contributed by atoms with Crippen LogP contribution in [0.5, 0.6) is 0 Å². The monoisotopic (exact) mass is 282 g/mol. The van der Waals surface area contributed by atoms with Gasteiger partial charge in [-0.25, -0.2) is 8.78 Å². The minimum atomic E-state index is -0.925. The first kappa shape index (κ1) is 14.8. The van der Waals surface area contributed by atoms with Gasteiger partial charge in [-0.15, -0.1) is 0 Å². The van der Waals surface area contributed by atoms with Gasteiger partial charge in [-0.2, -0.15) is 0 Å². The van der Waals surface area contributed by atoms with E-state index >= 15 is 0 Å². The fourth-order valence-electron chi connectivity index (χ4n) is 3.13. The second-order valence-electron chi connectivity index (χ2n) is 5.93. The van der Waals surface area contributed by atoms with E-state index in [0.717, 1.165) is 25.3 Å². The van der Waals surface area contributed by atoms with Crippen LogP contribution in [0.2, 0.25) is 0 Å². The lowest BCUT2D eigenvalue weighted by Gasteiger charge is -2.32. The number of hydrogen-bond acceptors (Lipinski definition) is 2. The topological polar surface area (TPSA) is 55.1 Å². The lowest BCUT2D eigenvalue weighted by atomic mass is 9.80. The molecule has 0 spiro atoms. The zero-order valence-corrected chi connectivity index (χ0v) is 11.7. The van der Waals surface area contributed by atoms with Crippen LogP contribution in [0.4, 0.5) is 14.5 Å². The van der Waals surface area contributed by atoms with E-state index in [-0.39, 0.29) is 17.3 Å². The molecular formula is C15H20F2N2O. The Morgan fingerprint density at radius 3 is 2.30 bits per heavy atom. The average molecular weight is 282 g/mol. The molecule has 0 saturated heterocycles. The second-order valence-corrected chi connectivity index (χ2v) is 5.93. The Morgan fingerprint density at radius 2 is 1.75 bits per heavy atom. The summed E-state index contributed by atoms with van der Waals surface area (Å²) in [5.74, 6) is -1.38. The molecule has 2 rings (SSSR count). The average Bonchev–Trinajstić information content (AvgIpc) is 2.30. The first-order chi connectivity index (χ1) is 9.36. The van der Waals surface area contributed by atoms with Crippen molar-refractivity contribution in [2.45, 2.75) is 39.2 Å². The predicted octanol–water partition coefficient (Wildman–Crippen LogP) is 3.30. The number of anilines is 1. The van der Waals surface area contributed by atoms with Gasteiger partial charge in [-0.3, -0.25) is 4.79 Å². The van der Waals surface area contributed by atoms with E-state index in [1.54, 1.807) is 0 Å². The van der Waals surface area contributed by atoms with Gasteiger partial charge in [-0.1, -0.05) is 13.8 Å². The molecule has 20 heavy (non-hydrogen) atoms. The maximum atomic E-state index is 13.8. The third-order valence-corrected chi connectivity index (χ3v) is 3.86. The highest BCUT2D eigenvalue weighted by Crippen LogP contribution is 2.31. The zero-order chi connectivity index (χ0) is 14.9. The van der Waals surface area contributed by atoms with Crippen molar-refractivity contribution in [1.29, 1.82) is 0 Å². The van der Waals surface area contributed by atoms with E-state index in [9.17, 15) is 13.6 Å². The van der Waals surface area contributed by atoms with Crippen molar-refractivity contribution in [2.24, 2.45) is 17.6 Å². The van der Waals surface area contributed by atoms with Gasteiger partial charge in [0.2, 0.25) is 0 Å². The minimum Gasteiger partial charge on any atom is -0.380 e. The van der Waals surface area contributed by atoms with Crippen LogP contribution in [-0.2, 0) is 0 Å². The van der Waals surface area contributed by atoms with Crippen molar-refractivity contribution in [3.8, 4) is 0 Å². The van der Waals surface area contributed by atoms with Gasteiger partial charge < -0.3 is 11.1 Å². The van der Waals surface area contributed by atoms with Crippen LogP contribution in [0.3, 0.4) is 0 Å². The van der Waals surface area contributed by atoms with Crippen molar-refractivity contribution in [2.75, 3.05) is 5.32 Å². The molecule has 0 aromatic heterocycles. The Balaban J connectivity index is 2.20. The Hall–Kier alpha value is -1.65. The molecular weight excluding hydrogens is 262 g/mol. The number of amides is 1.